The molecule has 0 aliphatic rings. The molecule has 0 amide bonds. The third-order valence-electron chi connectivity index (χ3n) is 4.12. The van der Waals surface area contributed by atoms with Crippen molar-refractivity contribution >= 4 is 0 Å². The predicted octanol–water partition coefficient (Wildman–Crippen LogP) is 4.34. The molecule has 3 rings (SSSR count). The van der Waals surface area contributed by atoms with Gasteiger partial charge in [-0.25, -0.2) is 0 Å². The summed E-state index contributed by atoms with van der Waals surface area (Å²) in [6.45, 7) is 3.07. The van der Waals surface area contributed by atoms with Crippen molar-refractivity contribution in [3.05, 3.63) is 84.3 Å². The van der Waals surface area contributed by atoms with Crippen molar-refractivity contribution in [3.63, 3.8) is 0 Å². The van der Waals surface area contributed by atoms with E-state index in [1.165, 1.54) is 5.56 Å². The molecule has 3 aromatic rings. The van der Waals surface area contributed by atoms with Crippen LogP contribution >= 0.6 is 0 Å². The summed E-state index contributed by atoms with van der Waals surface area (Å²) in [5, 5.41) is 0. The lowest BCUT2D eigenvalue weighted by Crippen LogP contribution is -2.22. The Morgan fingerprint density at radius 3 is 2.17 bits per heavy atom. The largest absolute Gasteiger partial charge is 0.294 e. The molecular formula is C20H21N3. The number of nitrogens with zero attached hydrogens (tertiary/aromatic N) is 3. The molecule has 116 valence electrons. The number of aromatic nitrogens is 2. The maximum absolute atomic E-state index is 4.45. The molecule has 0 spiro atoms. The molecule has 0 saturated carbocycles. The number of rotatable bonds is 5. The molecule has 0 N–H and O–H groups in total. The monoisotopic (exact) mass is 303 g/mol. The first-order valence-electron chi connectivity index (χ1n) is 7.85. The topological polar surface area (TPSA) is 29.0 Å². The molecule has 0 fully saturated rings. The number of benzene rings is 1. The molecule has 1 atom stereocenters. The molecule has 23 heavy (non-hydrogen) atoms. The predicted molar refractivity (Wildman–Crippen MR) is 93.8 cm³/mol. The molecular weight excluding hydrogens is 282 g/mol. The van der Waals surface area contributed by atoms with Gasteiger partial charge in [-0.15, -0.1) is 0 Å². The number of pyridine rings is 2. The van der Waals surface area contributed by atoms with Gasteiger partial charge in [0.25, 0.3) is 0 Å². The maximum atomic E-state index is 4.45. The lowest BCUT2D eigenvalue weighted by Gasteiger charge is -2.24. The Balaban J connectivity index is 1.68. The molecule has 0 bridgehead atoms. The van der Waals surface area contributed by atoms with E-state index in [0.717, 1.165) is 23.5 Å². The van der Waals surface area contributed by atoms with Crippen LogP contribution in [0.2, 0.25) is 0 Å². The molecule has 0 aliphatic heterocycles. The highest BCUT2D eigenvalue weighted by Crippen LogP contribution is 2.21. The van der Waals surface area contributed by atoms with Gasteiger partial charge in [0.1, 0.15) is 0 Å². The van der Waals surface area contributed by atoms with Crippen LogP contribution in [0.1, 0.15) is 24.2 Å². The summed E-state index contributed by atoms with van der Waals surface area (Å²) in [6.07, 6.45) is 3.67. The average Bonchev–Trinajstić information content (AvgIpc) is 2.63. The Kier molecular flexibility index (Phi) is 4.79. The normalized spacial score (nSPS) is 12.3. The second-order valence-corrected chi connectivity index (χ2v) is 5.76. The minimum atomic E-state index is 0.284. The summed E-state index contributed by atoms with van der Waals surface area (Å²) in [6, 6.07) is 20.9. The van der Waals surface area contributed by atoms with Crippen LogP contribution < -0.4 is 0 Å². The van der Waals surface area contributed by atoms with Crippen molar-refractivity contribution in [1.29, 1.82) is 0 Å². The fraction of sp³-hybridized carbons (Fsp3) is 0.200. The summed E-state index contributed by atoms with van der Waals surface area (Å²) in [4.78, 5) is 11.1. The Labute approximate surface area is 137 Å². The first-order valence-corrected chi connectivity index (χ1v) is 7.85. The van der Waals surface area contributed by atoms with Crippen molar-refractivity contribution in [3.8, 4) is 11.3 Å². The van der Waals surface area contributed by atoms with Gasteiger partial charge in [-0.05, 0) is 43.8 Å². The second-order valence-electron chi connectivity index (χ2n) is 5.76. The molecule has 2 aromatic heterocycles. The Bertz CT molecular complexity index is 724. The SMILES string of the molecule is C[C@H](c1ccccn1)N(C)Cc1ccc(-c2ccccn2)cc1. The zero-order valence-corrected chi connectivity index (χ0v) is 13.6. The molecule has 0 aliphatic carbocycles. The summed E-state index contributed by atoms with van der Waals surface area (Å²) >= 11 is 0. The van der Waals surface area contributed by atoms with Gasteiger partial charge in [0, 0.05) is 30.5 Å². The average molecular weight is 303 g/mol. The van der Waals surface area contributed by atoms with Crippen LogP contribution in [0.5, 0.6) is 0 Å². The van der Waals surface area contributed by atoms with Crippen LogP contribution in [0.25, 0.3) is 11.3 Å². The zero-order chi connectivity index (χ0) is 16.1. The van der Waals surface area contributed by atoms with E-state index in [-0.39, 0.29) is 6.04 Å². The van der Waals surface area contributed by atoms with Gasteiger partial charge in [-0.1, -0.05) is 36.4 Å². The smallest absolute Gasteiger partial charge is 0.0701 e. The molecule has 3 heteroatoms. The minimum absolute atomic E-state index is 0.284. The van der Waals surface area contributed by atoms with Crippen molar-refractivity contribution in [2.24, 2.45) is 0 Å². The lowest BCUT2D eigenvalue weighted by molar-refractivity contribution is 0.248. The van der Waals surface area contributed by atoms with E-state index in [1.807, 2.05) is 42.7 Å². The van der Waals surface area contributed by atoms with Gasteiger partial charge in [0.05, 0.1) is 11.4 Å². The van der Waals surface area contributed by atoms with E-state index < -0.39 is 0 Å². The van der Waals surface area contributed by atoms with Crippen LogP contribution in [0.15, 0.2) is 73.1 Å². The molecule has 0 saturated heterocycles. The Morgan fingerprint density at radius 2 is 1.57 bits per heavy atom. The van der Waals surface area contributed by atoms with Gasteiger partial charge < -0.3 is 0 Å². The van der Waals surface area contributed by atoms with E-state index in [9.17, 15) is 0 Å². The van der Waals surface area contributed by atoms with E-state index in [4.69, 9.17) is 0 Å². The zero-order valence-electron chi connectivity index (χ0n) is 13.6. The van der Waals surface area contributed by atoms with Crippen LogP contribution in [0, 0.1) is 0 Å². The summed E-state index contributed by atoms with van der Waals surface area (Å²) < 4.78 is 0. The fourth-order valence-corrected chi connectivity index (χ4v) is 2.59. The summed E-state index contributed by atoms with van der Waals surface area (Å²) in [5.74, 6) is 0. The van der Waals surface area contributed by atoms with Gasteiger partial charge >= 0.3 is 0 Å². The quantitative estimate of drug-likeness (QED) is 0.702. The molecule has 0 radical (unpaired) electrons. The molecule has 0 unspecified atom stereocenters. The van der Waals surface area contributed by atoms with Crippen LogP contribution in [0.3, 0.4) is 0 Å². The van der Waals surface area contributed by atoms with Crippen molar-refractivity contribution < 1.29 is 0 Å². The molecule has 2 heterocycles. The van der Waals surface area contributed by atoms with Crippen LogP contribution in [0.4, 0.5) is 0 Å². The van der Waals surface area contributed by atoms with E-state index in [1.54, 1.807) is 0 Å². The third kappa shape index (κ3) is 3.82. The highest BCUT2D eigenvalue weighted by Gasteiger charge is 2.12. The van der Waals surface area contributed by atoms with E-state index in [2.05, 4.69) is 59.2 Å². The second kappa shape index (κ2) is 7.16. The van der Waals surface area contributed by atoms with E-state index >= 15 is 0 Å². The highest BCUT2D eigenvalue weighted by molar-refractivity contribution is 5.58. The third-order valence-corrected chi connectivity index (χ3v) is 4.12. The van der Waals surface area contributed by atoms with Crippen molar-refractivity contribution in [1.82, 2.24) is 14.9 Å². The van der Waals surface area contributed by atoms with Crippen molar-refractivity contribution in [2.75, 3.05) is 7.05 Å². The minimum Gasteiger partial charge on any atom is -0.294 e. The number of hydrogen-bond donors (Lipinski definition) is 0. The molecule has 1 aromatic carbocycles. The molecule has 3 nitrogen and oxygen atoms in total. The Morgan fingerprint density at radius 1 is 0.870 bits per heavy atom. The Hall–Kier alpha value is -2.52. The highest BCUT2D eigenvalue weighted by atomic mass is 15.1. The van der Waals surface area contributed by atoms with Gasteiger partial charge in [-0.3, -0.25) is 14.9 Å². The number of hydrogen-bond acceptors (Lipinski definition) is 3. The summed E-state index contributed by atoms with van der Waals surface area (Å²) in [7, 11) is 2.13. The lowest BCUT2D eigenvalue weighted by atomic mass is 10.1. The van der Waals surface area contributed by atoms with E-state index in [0.29, 0.717) is 0 Å². The fourth-order valence-electron chi connectivity index (χ4n) is 2.59. The van der Waals surface area contributed by atoms with Gasteiger partial charge in [0.15, 0.2) is 0 Å². The van der Waals surface area contributed by atoms with Crippen LogP contribution in [-0.4, -0.2) is 21.9 Å². The first-order chi connectivity index (χ1) is 11.2. The van der Waals surface area contributed by atoms with Gasteiger partial charge in [0.2, 0.25) is 0 Å². The van der Waals surface area contributed by atoms with Gasteiger partial charge in [-0.2, -0.15) is 0 Å². The van der Waals surface area contributed by atoms with Crippen molar-refractivity contribution in [2.45, 2.75) is 19.5 Å². The standard InChI is InChI=1S/C20H21N3/c1-16(19-7-3-5-13-21-19)23(2)15-17-9-11-18(12-10-17)20-8-4-6-14-22-20/h3-14,16H,15H2,1-2H3/t16-/m1/s1. The first kappa shape index (κ1) is 15.4. The summed E-state index contributed by atoms with van der Waals surface area (Å²) in [5.41, 5.74) is 4.54. The van der Waals surface area contributed by atoms with Crippen LogP contribution in [-0.2, 0) is 6.54 Å². The maximum Gasteiger partial charge on any atom is 0.0701 e.